The molecule has 0 bridgehead atoms. The molecule has 0 aliphatic rings. The molecule has 0 amide bonds. The van der Waals surface area contributed by atoms with Gasteiger partial charge in [-0.2, -0.15) is 0 Å². The van der Waals surface area contributed by atoms with Gasteiger partial charge in [-0.3, -0.25) is 0 Å². The van der Waals surface area contributed by atoms with Crippen LogP contribution in [-0.2, 0) is 12.4 Å². The van der Waals surface area contributed by atoms with Crippen molar-refractivity contribution in [3.8, 4) is 0 Å². The number of halogens is 3. The van der Waals surface area contributed by atoms with E-state index in [1.807, 2.05) is 11.5 Å². The van der Waals surface area contributed by atoms with Crippen LogP contribution in [0.15, 0.2) is 18.2 Å². The molecule has 0 fully saturated rings. The molecule has 0 atom stereocenters. The molecule has 1 heterocycles. The minimum absolute atomic E-state index is 0. The molecule has 0 radical (unpaired) electrons. The standard InChI is InChI=1S/C10H10ClFN2.ClH/c1-2-14-9-4-3-7(12)5-8(9)13-10(14)6-11;/h3-5H,2,6H2,1H3;1H. The van der Waals surface area contributed by atoms with Crippen molar-refractivity contribution in [2.45, 2.75) is 19.3 Å². The van der Waals surface area contributed by atoms with E-state index in [1.165, 1.54) is 12.1 Å². The summed E-state index contributed by atoms with van der Waals surface area (Å²) in [6.45, 7) is 2.81. The monoisotopic (exact) mass is 248 g/mol. The van der Waals surface area contributed by atoms with Gasteiger partial charge >= 0.3 is 0 Å². The molecule has 0 aliphatic carbocycles. The normalized spacial score (nSPS) is 10.3. The second-order valence-corrected chi connectivity index (χ2v) is 3.31. The summed E-state index contributed by atoms with van der Waals surface area (Å²) in [6.07, 6.45) is 0. The van der Waals surface area contributed by atoms with Crippen LogP contribution in [-0.4, -0.2) is 9.55 Å². The second-order valence-electron chi connectivity index (χ2n) is 3.04. The van der Waals surface area contributed by atoms with Crippen LogP contribution in [0.4, 0.5) is 4.39 Å². The third-order valence-electron chi connectivity index (χ3n) is 2.23. The van der Waals surface area contributed by atoms with Crippen LogP contribution in [0.3, 0.4) is 0 Å². The Morgan fingerprint density at radius 2 is 2.20 bits per heavy atom. The molecule has 0 unspecified atom stereocenters. The van der Waals surface area contributed by atoms with Gasteiger partial charge in [0.15, 0.2) is 0 Å². The Hall–Kier alpha value is -0.800. The highest BCUT2D eigenvalue weighted by atomic mass is 35.5. The quantitative estimate of drug-likeness (QED) is 0.746. The van der Waals surface area contributed by atoms with Crippen molar-refractivity contribution >= 4 is 35.0 Å². The van der Waals surface area contributed by atoms with E-state index in [2.05, 4.69) is 4.98 Å². The summed E-state index contributed by atoms with van der Waals surface area (Å²) < 4.78 is 14.9. The summed E-state index contributed by atoms with van der Waals surface area (Å²) in [5, 5.41) is 0. The lowest BCUT2D eigenvalue weighted by Gasteiger charge is -2.01. The van der Waals surface area contributed by atoms with Crippen LogP contribution < -0.4 is 0 Å². The lowest BCUT2D eigenvalue weighted by molar-refractivity contribution is 0.629. The highest BCUT2D eigenvalue weighted by Crippen LogP contribution is 2.18. The fourth-order valence-electron chi connectivity index (χ4n) is 1.61. The van der Waals surface area contributed by atoms with Crippen molar-refractivity contribution < 1.29 is 4.39 Å². The maximum atomic E-state index is 12.9. The molecule has 1 aromatic heterocycles. The van der Waals surface area contributed by atoms with Gasteiger partial charge in [0, 0.05) is 12.6 Å². The first-order valence-electron chi connectivity index (χ1n) is 4.47. The summed E-state index contributed by atoms with van der Waals surface area (Å²) in [5.74, 6) is 0.874. The van der Waals surface area contributed by atoms with E-state index in [4.69, 9.17) is 11.6 Å². The summed E-state index contributed by atoms with van der Waals surface area (Å²) >= 11 is 5.75. The maximum absolute atomic E-state index is 12.9. The molecule has 0 aliphatic heterocycles. The molecular weight excluding hydrogens is 238 g/mol. The minimum atomic E-state index is -0.264. The number of aryl methyl sites for hydroxylation is 1. The first kappa shape index (κ1) is 12.3. The van der Waals surface area contributed by atoms with E-state index in [0.717, 1.165) is 17.9 Å². The van der Waals surface area contributed by atoms with Crippen molar-refractivity contribution in [2.24, 2.45) is 0 Å². The number of hydrogen-bond donors (Lipinski definition) is 0. The summed E-state index contributed by atoms with van der Waals surface area (Å²) in [6, 6.07) is 4.60. The molecule has 2 rings (SSSR count). The van der Waals surface area contributed by atoms with E-state index in [-0.39, 0.29) is 18.2 Å². The Morgan fingerprint density at radius 1 is 1.47 bits per heavy atom. The number of alkyl halides is 1. The number of aromatic nitrogens is 2. The fourth-order valence-corrected chi connectivity index (χ4v) is 1.81. The Labute approximate surface area is 98.5 Å². The van der Waals surface area contributed by atoms with Crippen LogP contribution in [0.2, 0.25) is 0 Å². The first-order chi connectivity index (χ1) is 6.76. The third kappa shape index (κ3) is 2.08. The van der Waals surface area contributed by atoms with Gasteiger partial charge in [-0.05, 0) is 19.1 Å². The van der Waals surface area contributed by atoms with Crippen LogP contribution in [0.5, 0.6) is 0 Å². The van der Waals surface area contributed by atoms with Crippen molar-refractivity contribution in [3.05, 3.63) is 29.8 Å². The summed E-state index contributed by atoms with van der Waals surface area (Å²) in [4.78, 5) is 4.25. The summed E-state index contributed by atoms with van der Waals surface area (Å²) in [5.41, 5.74) is 1.60. The zero-order valence-corrected chi connectivity index (χ0v) is 9.78. The number of hydrogen-bond acceptors (Lipinski definition) is 1. The van der Waals surface area contributed by atoms with Crippen LogP contribution >= 0.6 is 24.0 Å². The highest BCUT2D eigenvalue weighted by Gasteiger charge is 2.08. The first-order valence-corrected chi connectivity index (χ1v) is 5.00. The van der Waals surface area contributed by atoms with Crippen molar-refractivity contribution in [1.82, 2.24) is 9.55 Å². The van der Waals surface area contributed by atoms with E-state index in [1.54, 1.807) is 6.07 Å². The van der Waals surface area contributed by atoms with Crippen LogP contribution in [0.1, 0.15) is 12.7 Å². The zero-order chi connectivity index (χ0) is 10.1. The maximum Gasteiger partial charge on any atom is 0.125 e. The molecule has 2 aromatic rings. The molecule has 0 saturated carbocycles. The zero-order valence-electron chi connectivity index (χ0n) is 8.20. The molecule has 1 aromatic carbocycles. The molecule has 2 nitrogen and oxygen atoms in total. The van der Waals surface area contributed by atoms with Gasteiger partial charge < -0.3 is 4.57 Å². The van der Waals surface area contributed by atoms with Gasteiger partial charge in [0.2, 0.25) is 0 Å². The van der Waals surface area contributed by atoms with Crippen molar-refractivity contribution in [2.75, 3.05) is 0 Å². The average Bonchev–Trinajstić information content (AvgIpc) is 2.54. The van der Waals surface area contributed by atoms with Crippen LogP contribution in [0.25, 0.3) is 11.0 Å². The second kappa shape index (κ2) is 4.81. The van der Waals surface area contributed by atoms with Gasteiger partial charge in [0.1, 0.15) is 11.6 Å². The van der Waals surface area contributed by atoms with Gasteiger partial charge in [0.05, 0.1) is 16.9 Å². The number of fused-ring (bicyclic) bond motifs is 1. The SMILES string of the molecule is CCn1c(CCl)nc2cc(F)ccc21.Cl. The van der Waals surface area contributed by atoms with E-state index in [0.29, 0.717) is 11.4 Å². The molecule has 82 valence electrons. The topological polar surface area (TPSA) is 17.8 Å². The van der Waals surface area contributed by atoms with Gasteiger partial charge in [-0.15, -0.1) is 24.0 Å². The van der Waals surface area contributed by atoms with Crippen LogP contribution in [0, 0.1) is 5.82 Å². The lowest BCUT2D eigenvalue weighted by atomic mass is 10.3. The number of nitrogens with zero attached hydrogens (tertiary/aromatic N) is 2. The Bertz CT molecular complexity index is 468. The predicted molar refractivity (Wildman–Crippen MR) is 62.2 cm³/mol. The average molecular weight is 249 g/mol. The van der Waals surface area contributed by atoms with E-state index < -0.39 is 0 Å². The van der Waals surface area contributed by atoms with E-state index >= 15 is 0 Å². The van der Waals surface area contributed by atoms with E-state index in [9.17, 15) is 4.39 Å². The van der Waals surface area contributed by atoms with Crippen molar-refractivity contribution in [3.63, 3.8) is 0 Å². The van der Waals surface area contributed by atoms with Gasteiger partial charge in [-0.1, -0.05) is 0 Å². The molecule has 0 N–H and O–H groups in total. The largest absolute Gasteiger partial charge is 0.327 e. The Kier molecular flexibility index (Phi) is 3.94. The van der Waals surface area contributed by atoms with Crippen molar-refractivity contribution in [1.29, 1.82) is 0 Å². The smallest absolute Gasteiger partial charge is 0.125 e. The third-order valence-corrected chi connectivity index (χ3v) is 2.46. The molecular formula is C10H11Cl2FN2. The number of benzene rings is 1. The molecule has 5 heteroatoms. The highest BCUT2D eigenvalue weighted by molar-refractivity contribution is 6.16. The molecule has 0 saturated heterocycles. The van der Waals surface area contributed by atoms with Gasteiger partial charge in [0.25, 0.3) is 0 Å². The number of rotatable bonds is 2. The molecule has 0 spiro atoms. The Balaban J connectivity index is 0.00000112. The lowest BCUT2D eigenvalue weighted by Crippen LogP contribution is -1.98. The predicted octanol–water partition coefficient (Wildman–Crippen LogP) is 3.36. The van der Waals surface area contributed by atoms with Gasteiger partial charge in [-0.25, -0.2) is 9.37 Å². The molecule has 15 heavy (non-hydrogen) atoms. The minimum Gasteiger partial charge on any atom is -0.327 e. The fraction of sp³-hybridized carbons (Fsp3) is 0.300. The number of imidazole rings is 1. The Morgan fingerprint density at radius 3 is 2.80 bits per heavy atom. The summed E-state index contributed by atoms with van der Waals surface area (Å²) in [7, 11) is 0.